The number of pyridine rings is 1. The van der Waals surface area contributed by atoms with Crippen molar-refractivity contribution in [3.63, 3.8) is 0 Å². The van der Waals surface area contributed by atoms with Crippen LogP contribution in [0.4, 0.5) is 0 Å². The molecular formula is C34H37N3O4. The van der Waals surface area contributed by atoms with Crippen LogP contribution in [-0.4, -0.2) is 34.2 Å². The Morgan fingerprint density at radius 3 is 2.46 bits per heavy atom. The molecule has 2 heterocycles. The number of H-pyrrole nitrogens is 1. The number of aromatic nitrogens is 2. The smallest absolute Gasteiger partial charge is 0.258 e. The number of hydrogen-bond donors (Lipinski definition) is 3. The Hall–Kier alpha value is -4.52. The molecule has 0 bridgehead atoms. The minimum absolute atomic E-state index is 0.00396. The maximum absolute atomic E-state index is 14.0. The van der Waals surface area contributed by atoms with E-state index in [1.807, 2.05) is 93.6 Å². The first-order valence-corrected chi connectivity index (χ1v) is 13.9. The van der Waals surface area contributed by atoms with Crippen molar-refractivity contribution in [2.75, 3.05) is 13.7 Å². The number of benzene rings is 3. The predicted octanol–water partition coefficient (Wildman–Crippen LogP) is 6.01. The number of hydrogen-bond acceptors (Lipinski definition) is 4. The molecule has 1 amide bonds. The molecule has 2 aromatic heterocycles. The summed E-state index contributed by atoms with van der Waals surface area (Å²) in [4.78, 5) is 30.2. The van der Waals surface area contributed by atoms with Gasteiger partial charge < -0.3 is 24.7 Å². The zero-order valence-electron chi connectivity index (χ0n) is 24.2. The average molecular weight is 552 g/mol. The van der Waals surface area contributed by atoms with Gasteiger partial charge in [-0.05, 0) is 53.3 Å². The summed E-state index contributed by atoms with van der Waals surface area (Å²) in [7, 11) is 3.34. The monoisotopic (exact) mass is 551 g/mol. The maximum atomic E-state index is 14.0. The standard InChI is InChI=1S/C34H37N3O4/c1-34(2,3)20-28(38)35-18-17-24-23-13-6-8-15-26(23)36-31(24)29(21-11-10-12-22(19-21)41-5)30-32(39)25-14-7-9-16-27(25)37(4)33(30)40/h6-16,19,29,36,39H,17-18,20H2,1-5H3,(H,35,38). The Kier molecular flexibility index (Phi) is 7.63. The highest BCUT2D eigenvalue weighted by molar-refractivity contribution is 5.88. The van der Waals surface area contributed by atoms with E-state index in [2.05, 4.69) is 10.3 Å². The zero-order chi connectivity index (χ0) is 29.3. The van der Waals surface area contributed by atoms with E-state index >= 15 is 0 Å². The molecule has 3 N–H and O–H groups in total. The number of para-hydroxylation sites is 2. The summed E-state index contributed by atoms with van der Waals surface area (Å²) < 4.78 is 7.14. The number of ether oxygens (including phenoxy) is 1. The van der Waals surface area contributed by atoms with Crippen LogP contribution >= 0.6 is 0 Å². The highest BCUT2D eigenvalue weighted by Gasteiger charge is 2.30. The van der Waals surface area contributed by atoms with Gasteiger partial charge in [-0.1, -0.05) is 63.2 Å². The Labute approximate surface area is 239 Å². The van der Waals surface area contributed by atoms with Crippen LogP contribution < -0.4 is 15.6 Å². The Bertz CT molecular complexity index is 1790. The van der Waals surface area contributed by atoms with Crippen LogP contribution in [-0.2, 0) is 18.3 Å². The summed E-state index contributed by atoms with van der Waals surface area (Å²) in [5, 5.41) is 16.4. The number of aromatic amines is 1. The van der Waals surface area contributed by atoms with E-state index < -0.39 is 5.92 Å². The fourth-order valence-electron chi connectivity index (χ4n) is 5.67. The molecule has 212 valence electrons. The number of amides is 1. The Balaban J connectivity index is 1.71. The fraction of sp³-hybridized carbons (Fsp3) is 0.294. The molecule has 0 aliphatic rings. The third kappa shape index (κ3) is 5.57. The fourth-order valence-corrected chi connectivity index (χ4v) is 5.67. The molecule has 1 atom stereocenters. The lowest BCUT2D eigenvalue weighted by Crippen LogP contribution is -2.29. The van der Waals surface area contributed by atoms with Crippen LogP contribution in [0.2, 0.25) is 0 Å². The lowest BCUT2D eigenvalue weighted by Gasteiger charge is -2.22. The van der Waals surface area contributed by atoms with Gasteiger partial charge in [0.2, 0.25) is 5.91 Å². The molecule has 3 aromatic carbocycles. The number of nitrogens with one attached hydrogen (secondary N) is 2. The van der Waals surface area contributed by atoms with E-state index in [1.54, 1.807) is 18.7 Å². The number of methoxy groups -OCH3 is 1. The molecule has 7 heteroatoms. The van der Waals surface area contributed by atoms with Crippen LogP contribution in [0.5, 0.6) is 11.5 Å². The first kappa shape index (κ1) is 28.0. The minimum atomic E-state index is -0.624. The largest absolute Gasteiger partial charge is 0.507 e. The molecular weight excluding hydrogens is 514 g/mol. The molecule has 0 fully saturated rings. The number of aromatic hydroxyl groups is 1. The van der Waals surface area contributed by atoms with E-state index in [1.165, 1.54) is 0 Å². The molecule has 0 radical (unpaired) electrons. The van der Waals surface area contributed by atoms with Crippen molar-refractivity contribution in [1.29, 1.82) is 0 Å². The van der Waals surface area contributed by atoms with E-state index in [9.17, 15) is 14.7 Å². The van der Waals surface area contributed by atoms with Gasteiger partial charge in [0.05, 0.1) is 24.1 Å². The summed E-state index contributed by atoms with van der Waals surface area (Å²) in [6.45, 7) is 6.56. The molecule has 1 unspecified atom stereocenters. The minimum Gasteiger partial charge on any atom is -0.507 e. The Morgan fingerprint density at radius 1 is 1.02 bits per heavy atom. The first-order valence-electron chi connectivity index (χ1n) is 13.9. The highest BCUT2D eigenvalue weighted by atomic mass is 16.5. The van der Waals surface area contributed by atoms with Crippen molar-refractivity contribution in [3.05, 3.63) is 106 Å². The van der Waals surface area contributed by atoms with E-state index in [-0.39, 0.29) is 28.2 Å². The third-order valence-corrected chi connectivity index (χ3v) is 7.55. The molecule has 0 saturated heterocycles. The van der Waals surface area contributed by atoms with Crippen LogP contribution in [0.25, 0.3) is 21.8 Å². The Morgan fingerprint density at radius 2 is 1.73 bits per heavy atom. The number of fused-ring (bicyclic) bond motifs is 2. The highest BCUT2D eigenvalue weighted by Crippen LogP contribution is 2.41. The van der Waals surface area contributed by atoms with Crippen molar-refractivity contribution >= 4 is 27.7 Å². The normalized spacial score (nSPS) is 12.5. The molecule has 0 spiro atoms. The van der Waals surface area contributed by atoms with Gasteiger partial charge in [-0.15, -0.1) is 0 Å². The molecule has 7 nitrogen and oxygen atoms in total. The zero-order valence-corrected chi connectivity index (χ0v) is 24.2. The van der Waals surface area contributed by atoms with Crippen LogP contribution in [0.3, 0.4) is 0 Å². The molecule has 0 aliphatic carbocycles. The summed E-state index contributed by atoms with van der Waals surface area (Å²) in [6.07, 6.45) is 0.978. The number of nitrogens with zero attached hydrogens (tertiary/aromatic N) is 1. The lowest BCUT2D eigenvalue weighted by molar-refractivity contribution is -0.122. The van der Waals surface area contributed by atoms with Gasteiger partial charge >= 0.3 is 0 Å². The van der Waals surface area contributed by atoms with E-state index in [4.69, 9.17) is 4.74 Å². The van der Waals surface area contributed by atoms with Crippen molar-refractivity contribution in [1.82, 2.24) is 14.9 Å². The maximum Gasteiger partial charge on any atom is 0.258 e. The summed E-state index contributed by atoms with van der Waals surface area (Å²) in [5.74, 6) is -0.0123. The SMILES string of the molecule is COc1cccc(C(c2[nH]c3ccccc3c2CCNC(=O)CC(C)(C)C)c2c(O)c3ccccc3n(C)c2=O)c1. The average Bonchev–Trinajstić information content (AvgIpc) is 3.31. The number of aryl methyl sites for hydroxylation is 1. The van der Waals surface area contributed by atoms with Crippen LogP contribution in [0, 0.1) is 5.41 Å². The van der Waals surface area contributed by atoms with Crippen LogP contribution in [0.1, 0.15) is 55.5 Å². The molecule has 41 heavy (non-hydrogen) atoms. The van der Waals surface area contributed by atoms with Crippen molar-refractivity contribution in [2.45, 2.75) is 39.5 Å². The summed E-state index contributed by atoms with van der Waals surface area (Å²) >= 11 is 0. The third-order valence-electron chi connectivity index (χ3n) is 7.55. The van der Waals surface area contributed by atoms with Gasteiger partial charge in [-0.3, -0.25) is 9.59 Å². The van der Waals surface area contributed by atoms with E-state index in [0.29, 0.717) is 36.0 Å². The second kappa shape index (κ2) is 11.2. The van der Waals surface area contributed by atoms with Gasteiger partial charge in [-0.25, -0.2) is 0 Å². The summed E-state index contributed by atoms with van der Waals surface area (Å²) in [5.41, 5.74) is 4.05. The molecule has 0 saturated carbocycles. The van der Waals surface area contributed by atoms with Crippen molar-refractivity contribution in [2.24, 2.45) is 12.5 Å². The molecule has 0 aliphatic heterocycles. The van der Waals surface area contributed by atoms with Gasteiger partial charge in [0, 0.05) is 42.0 Å². The topological polar surface area (TPSA) is 96.3 Å². The predicted molar refractivity (Wildman–Crippen MR) is 164 cm³/mol. The molecule has 5 aromatic rings. The van der Waals surface area contributed by atoms with Crippen LogP contribution in [0.15, 0.2) is 77.6 Å². The number of carbonyl (C=O) groups excluding carboxylic acids is 1. The number of carbonyl (C=O) groups is 1. The van der Waals surface area contributed by atoms with Crippen molar-refractivity contribution in [3.8, 4) is 11.5 Å². The molecule has 5 rings (SSSR count). The lowest BCUT2D eigenvalue weighted by atomic mass is 9.85. The summed E-state index contributed by atoms with van der Waals surface area (Å²) in [6, 6.07) is 22.9. The van der Waals surface area contributed by atoms with Gasteiger partial charge in [0.25, 0.3) is 5.56 Å². The number of rotatable bonds is 8. The second-order valence-corrected chi connectivity index (χ2v) is 11.8. The van der Waals surface area contributed by atoms with Gasteiger partial charge in [0.1, 0.15) is 11.5 Å². The first-order chi connectivity index (χ1) is 19.6. The van der Waals surface area contributed by atoms with Gasteiger partial charge in [-0.2, -0.15) is 0 Å². The second-order valence-electron chi connectivity index (χ2n) is 11.8. The van der Waals surface area contributed by atoms with Gasteiger partial charge in [0.15, 0.2) is 0 Å². The quantitative estimate of drug-likeness (QED) is 0.220. The van der Waals surface area contributed by atoms with Crippen molar-refractivity contribution < 1.29 is 14.6 Å². The van der Waals surface area contributed by atoms with E-state index in [0.717, 1.165) is 27.7 Å².